The normalized spacial score (nSPS) is 13.7. The summed E-state index contributed by atoms with van der Waals surface area (Å²) in [6, 6.07) is 0. The summed E-state index contributed by atoms with van der Waals surface area (Å²) in [6.07, 6.45) is -9.55. The monoisotopic (exact) mass is 348 g/mol. The van der Waals surface area contributed by atoms with E-state index < -0.39 is 35.4 Å². The zero-order valence-electron chi connectivity index (χ0n) is 11.5. The molecule has 0 saturated heterocycles. The lowest BCUT2D eigenvalue weighted by Gasteiger charge is -2.19. The number of alkyl halides is 8. The lowest BCUT2D eigenvalue weighted by atomic mass is 10.1. The molecular weight excluding hydrogens is 340 g/mol. The molecule has 0 unspecified atom stereocenters. The highest BCUT2D eigenvalue weighted by Crippen LogP contribution is 2.49. The van der Waals surface area contributed by atoms with Crippen LogP contribution in [-0.2, 0) is 19.1 Å². The van der Waals surface area contributed by atoms with Crippen molar-refractivity contribution in [1.29, 1.82) is 0 Å². The molecule has 0 amide bonds. The number of aromatic nitrogens is 4. The van der Waals surface area contributed by atoms with E-state index in [9.17, 15) is 35.1 Å². The SMILES string of the molecule is Cc1cnn(-c2c(C(F)(F)F)c(C(F)(F)C(F)(F)F)nn2C)c1. The lowest BCUT2D eigenvalue weighted by Crippen LogP contribution is -2.36. The smallest absolute Gasteiger partial charge is 0.250 e. The van der Waals surface area contributed by atoms with Gasteiger partial charge in [-0.1, -0.05) is 0 Å². The molecule has 23 heavy (non-hydrogen) atoms. The van der Waals surface area contributed by atoms with Gasteiger partial charge in [-0.2, -0.15) is 45.3 Å². The molecule has 0 radical (unpaired) electrons. The summed E-state index contributed by atoms with van der Waals surface area (Å²) in [4.78, 5) is 0. The molecule has 2 aromatic heterocycles. The fourth-order valence-corrected chi connectivity index (χ4v) is 1.92. The van der Waals surface area contributed by atoms with Crippen molar-refractivity contribution in [3.63, 3.8) is 0 Å². The zero-order valence-corrected chi connectivity index (χ0v) is 11.5. The van der Waals surface area contributed by atoms with Crippen molar-refractivity contribution in [3.05, 3.63) is 29.2 Å². The first kappa shape index (κ1) is 17.2. The van der Waals surface area contributed by atoms with E-state index in [1.54, 1.807) is 0 Å². The van der Waals surface area contributed by atoms with Crippen molar-refractivity contribution >= 4 is 0 Å². The van der Waals surface area contributed by atoms with Crippen LogP contribution in [0.3, 0.4) is 0 Å². The zero-order chi connectivity index (χ0) is 17.8. The Morgan fingerprint density at radius 1 is 1.00 bits per heavy atom. The van der Waals surface area contributed by atoms with E-state index in [0.29, 0.717) is 10.2 Å². The molecule has 0 bridgehead atoms. The van der Waals surface area contributed by atoms with Crippen molar-refractivity contribution in [2.24, 2.45) is 7.05 Å². The number of hydrogen-bond donors (Lipinski definition) is 0. The molecular formula is C11H8F8N4. The number of aryl methyl sites for hydroxylation is 2. The number of rotatable bonds is 2. The van der Waals surface area contributed by atoms with Gasteiger partial charge in [0.25, 0.3) is 0 Å². The molecule has 128 valence electrons. The fourth-order valence-electron chi connectivity index (χ4n) is 1.92. The van der Waals surface area contributed by atoms with Crippen LogP contribution in [0, 0.1) is 6.92 Å². The highest BCUT2D eigenvalue weighted by Gasteiger charge is 2.64. The van der Waals surface area contributed by atoms with Gasteiger partial charge >= 0.3 is 18.3 Å². The first-order valence-corrected chi connectivity index (χ1v) is 5.87. The van der Waals surface area contributed by atoms with Crippen LogP contribution in [0.25, 0.3) is 5.82 Å². The lowest BCUT2D eigenvalue weighted by molar-refractivity contribution is -0.292. The maximum Gasteiger partial charge on any atom is 0.459 e. The molecule has 2 heterocycles. The van der Waals surface area contributed by atoms with Gasteiger partial charge in [-0.3, -0.25) is 0 Å². The predicted molar refractivity (Wildman–Crippen MR) is 60.0 cm³/mol. The first-order chi connectivity index (χ1) is 10.3. The van der Waals surface area contributed by atoms with E-state index in [1.807, 2.05) is 0 Å². The van der Waals surface area contributed by atoms with Crippen molar-refractivity contribution in [1.82, 2.24) is 19.6 Å². The Hall–Kier alpha value is -2.14. The van der Waals surface area contributed by atoms with Gasteiger partial charge in [-0.05, 0) is 12.5 Å². The van der Waals surface area contributed by atoms with Gasteiger partial charge in [0, 0.05) is 13.2 Å². The van der Waals surface area contributed by atoms with Crippen molar-refractivity contribution < 1.29 is 35.1 Å². The molecule has 0 aliphatic heterocycles. The largest absolute Gasteiger partial charge is 0.459 e. The summed E-state index contributed by atoms with van der Waals surface area (Å²) in [7, 11) is 0.817. The fraction of sp³-hybridized carbons (Fsp3) is 0.455. The Morgan fingerprint density at radius 2 is 1.57 bits per heavy atom. The number of halogens is 8. The highest BCUT2D eigenvalue weighted by atomic mass is 19.4. The Morgan fingerprint density at radius 3 is 1.96 bits per heavy atom. The summed E-state index contributed by atoms with van der Waals surface area (Å²) >= 11 is 0. The summed E-state index contributed by atoms with van der Waals surface area (Å²) in [5.74, 6) is -6.81. The summed E-state index contributed by atoms with van der Waals surface area (Å²) in [6.45, 7) is 1.46. The van der Waals surface area contributed by atoms with Crippen LogP contribution >= 0.6 is 0 Å². The minimum absolute atomic E-state index is 0.282. The van der Waals surface area contributed by atoms with Crippen molar-refractivity contribution in [2.45, 2.75) is 25.2 Å². The molecule has 0 spiro atoms. The Balaban J connectivity index is 2.82. The van der Waals surface area contributed by atoms with Crippen LogP contribution < -0.4 is 0 Å². The van der Waals surface area contributed by atoms with Crippen LogP contribution in [-0.4, -0.2) is 25.7 Å². The maximum atomic E-state index is 13.4. The van der Waals surface area contributed by atoms with Gasteiger partial charge in [-0.25, -0.2) is 9.36 Å². The molecule has 0 aliphatic carbocycles. The van der Waals surface area contributed by atoms with E-state index >= 15 is 0 Å². The topological polar surface area (TPSA) is 35.6 Å². The minimum atomic E-state index is -6.22. The van der Waals surface area contributed by atoms with E-state index in [4.69, 9.17) is 0 Å². The van der Waals surface area contributed by atoms with Gasteiger partial charge in [0.15, 0.2) is 11.5 Å². The molecule has 0 saturated carbocycles. The van der Waals surface area contributed by atoms with Gasteiger partial charge < -0.3 is 0 Å². The summed E-state index contributed by atoms with van der Waals surface area (Å²) in [5.41, 5.74) is -4.22. The van der Waals surface area contributed by atoms with Crippen LogP contribution in [0.5, 0.6) is 0 Å². The molecule has 4 nitrogen and oxygen atoms in total. The third-order valence-electron chi connectivity index (χ3n) is 2.88. The standard InChI is InChI=1S/C11H8F8N4/c1-5-3-20-23(4-5)8-6(10(14,15)16)7(21-22(8)2)9(12,13)11(17,18)19/h3-4H,1-2H3. The van der Waals surface area contributed by atoms with Crippen LogP contribution in [0.4, 0.5) is 35.1 Å². The molecule has 12 heteroatoms. The van der Waals surface area contributed by atoms with Gasteiger partial charge in [0.1, 0.15) is 5.56 Å². The van der Waals surface area contributed by atoms with Crippen molar-refractivity contribution in [3.8, 4) is 5.82 Å². The van der Waals surface area contributed by atoms with Gasteiger partial charge in [0.05, 0.1) is 6.20 Å². The molecule has 0 N–H and O–H groups in total. The second-order valence-electron chi connectivity index (χ2n) is 4.70. The number of hydrogen-bond acceptors (Lipinski definition) is 2. The molecule has 2 rings (SSSR count). The Bertz CT molecular complexity index is 721. The van der Waals surface area contributed by atoms with Crippen LogP contribution in [0.15, 0.2) is 12.4 Å². The van der Waals surface area contributed by atoms with Crippen LogP contribution in [0.1, 0.15) is 16.8 Å². The van der Waals surface area contributed by atoms with Gasteiger partial charge in [0.2, 0.25) is 0 Å². The minimum Gasteiger partial charge on any atom is -0.250 e. The van der Waals surface area contributed by atoms with Gasteiger partial charge in [-0.15, -0.1) is 0 Å². The third-order valence-corrected chi connectivity index (χ3v) is 2.88. The number of nitrogens with zero attached hydrogens (tertiary/aromatic N) is 4. The Kier molecular flexibility index (Phi) is 3.69. The highest BCUT2D eigenvalue weighted by molar-refractivity contribution is 5.43. The molecule has 0 aliphatic rings. The average molecular weight is 348 g/mol. The van der Waals surface area contributed by atoms with E-state index in [-0.39, 0.29) is 4.68 Å². The second-order valence-corrected chi connectivity index (χ2v) is 4.70. The van der Waals surface area contributed by atoms with E-state index in [1.165, 1.54) is 6.92 Å². The predicted octanol–water partition coefficient (Wildman–Crippen LogP) is 3.59. The van der Waals surface area contributed by atoms with Crippen molar-refractivity contribution in [2.75, 3.05) is 0 Å². The third kappa shape index (κ3) is 2.77. The summed E-state index contributed by atoms with van der Waals surface area (Å²) < 4.78 is 104. The Labute approximate surface area is 123 Å². The second kappa shape index (κ2) is 4.93. The summed E-state index contributed by atoms with van der Waals surface area (Å²) in [5, 5.41) is 6.27. The molecule has 0 fully saturated rings. The van der Waals surface area contributed by atoms with Crippen LogP contribution in [0.2, 0.25) is 0 Å². The molecule has 2 aromatic rings. The van der Waals surface area contributed by atoms with E-state index in [2.05, 4.69) is 10.2 Å². The van der Waals surface area contributed by atoms with E-state index in [0.717, 1.165) is 19.4 Å². The average Bonchev–Trinajstić information content (AvgIpc) is 2.90. The molecule has 0 atom stereocenters. The molecule has 0 aromatic carbocycles. The quantitative estimate of drug-likeness (QED) is 0.778. The maximum absolute atomic E-state index is 13.4. The first-order valence-electron chi connectivity index (χ1n) is 5.87.